The molecule has 1 aliphatic heterocycles. The number of rotatable bonds is 3. The highest BCUT2D eigenvalue weighted by Gasteiger charge is 2.23. The number of hydrogen-bond acceptors (Lipinski definition) is 2. The Morgan fingerprint density at radius 2 is 1.48 bits per heavy atom. The third kappa shape index (κ3) is 4.27. The molecule has 1 saturated heterocycles. The molecule has 2 amide bonds. The number of amides is 2. The highest BCUT2D eigenvalue weighted by atomic mass is 16.2. The fraction of sp³-hybridized carbons (Fsp3) is 0.333. The zero-order valence-corrected chi connectivity index (χ0v) is 14.6. The van der Waals surface area contributed by atoms with E-state index in [2.05, 4.69) is 0 Å². The average molecular weight is 336 g/mol. The lowest BCUT2D eigenvalue weighted by Crippen LogP contribution is -2.38. The van der Waals surface area contributed by atoms with Crippen LogP contribution in [0.3, 0.4) is 0 Å². The van der Waals surface area contributed by atoms with E-state index < -0.39 is 0 Å². The lowest BCUT2D eigenvalue weighted by Gasteiger charge is -2.23. The van der Waals surface area contributed by atoms with Crippen LogP contribution < -0.4 is 0 Å². The van der Waals surface area contributed by atoms with Gasteiger partial charge < -0.3 is 9.80 Å². The summed E-state index contributed by atoms with van der Waals surface area (Å²) in [7, 11) is 0. The van der Waals surface area contributed by atoms with Crippen LogP contribution in [0.2, 0.25) is 0 Å². The summed E-state index contributed by atoms with van der Waals surface area (Å²) in [5, 5.41) is 0. The number of aryl methyl sites for hydroxylation is 1. The Balaban J connectivity index is 1.61. The summed E-state index contributed by atoms with van der Waals surface area (Å²) in [5.74, 6) is 0.201. The first kappa shape index (κ1) is 17.2. The Bertz CT molecular complexity index is 743. The zero-order chi connectivity index (χ0) is 17.6. The van der Waals surface area contributed by atoms with Crippen LogP contribution in [-0.2, 0) is 11.2 Å². The fourth-order valence-corrected chi connectivity index (χ4v) is 3.24. The van der Waals surface area contributed by atoms with Crippen molar-refractivity contribution in [1.29, 1.82) is 0 Å². The highest BCUT2D eigenvalue weighted by Crippen LogP contribution is 2.14. The first-order chi connectivity index (χ1) is 12.1. The fourth-order valence-electron chi connectivity index (χ4n) is 3.24. The van der Waals surface area contributed by atoms with Crippen molar-refractivity contribution in [3.05, 3.63) is 71.3 Å². The number of hydrogen-bond donors (Lipinski definition) is 0. The van der Waals surface area contributed by atoms with Crippen LogP contribution in [0.15, 0.2) is 54.6 Å². The van der Waals surface area contributed by atoms with Crippen molar-refractivity contribution in [3.8, 4) is 0 Å². The normalized spacial score (nSPS) is 14.9. The summed E-state index contributed by atoms with van der Waals surface area (Å²) < 4.78 is 0. The van der Waals surface area contributed by atoms with Crippen molar-refractivity contribution in [1.82, 2.24) is 9.80 Å². The van der Waals surface area contributed by atoms with Gasteiger partial charge in [-0.3, -0.25) is 9.59 Å². The van der Waals surface area contributed by atoms with E-state index in [0.29, 0.717) is 32.6 Å². The van der Waals surface area contributed by atoms with Crippen LogP contribution in [0, 0.1) is 6.92 Å². The second-order valence-corrected chi connectivity index (χ2v) is 6.50. The van der Waals surface area contributed by atoms with Crippen molar-refractivity contribution in [2.24, 2.45) is 0 Å². The molecule has 0 aromatic heterocycles. The van der Waals surface area contributed by atoms with Gasteiger partial charge in [0, 0.05) is 31.7 Å². The Labute approximate surface area is 149 Å². The molecule has 25 heavy (non-hydrogen) atoms. The third-order valence-electron chi connectivity index (χ3n) is 4.71. The summed E-state index contributed by atoms with van der Waals surface area (Å²) in [6.45, 7) is 4.56. The molecule has 1 fully saturated rings. The molecule has 0 unspecified atom stereocenters. The van der Waals surface area contributed by atoms with Crippen LogP contribution in [0.4, 0.5) is 0 Å². The molecule has 130 valence electrons. The molecule has 1 aliphatic rings. The molecule has 0 atom stereocenters. The van der Waals surface area contributed by atoms with E-state index in [1.165, 1.54) is 0 Å². The maximum atomic E-state index is 12.8. The Morgan fingerprint density at radius 1 is 0.840 bits per heavy atom. The summed E-state index contributed by atoms with van der Waals surface area (Å²) in [6, 6.07) is 17.5. The molecule has 0 radical (unpaired) electrons. The summed E-state index contributed by atoms with van der Waals surface area (Å²) in [6.07, 6.45) is 1.24. The Hall–Kier alpha value is -2.62. The smallest absolute Gasteiger partial charge is 0.254 e. The number of nitrogens with zero attached hydrogens (tertiary/aromatic N) is 2. The maximum absolute atomic E-state index is 12.8. The quantitative estimate of drug-likeness (QED) is 0.865. The Kier molecular flexibility index (Phi) is 5.49. The molecular formula is C21H24N2O2. The van der Waals surface area contributed by atoms with Crippen LogP contribution in [0.1, 0.15) is 27.9 Å². The number of carbonyl (C=O) groups excluding carboxylic acids is 2. The molecule has 4 nitrogen and oxygen atoms in total. The molecule has 3 rings (SSSR count). The monoisotopic (exact) mass is 336 g/mol. The van der Waals surface area contributed by atoms with Gasteiger partial charge in [0.2, 0.25) is 5.91 Å². The standard InChI is InChI=1S/C21H24N2O2/c1-17-8-5-6-11-19(17)21(25)23-13-7-12-22(14-15-23)20(24)16-18-9-3-2-4-10-18/h2-6,8-11H,7,12-16H2,1H3. The highest BCUT2D eigenvalue weighted by molar-refractivity contribution is 5.95. The van der Waals surface area contributed by atoms with Gasteiger partial charge in [-0.2, -0.15) is 0 Å². The van der Waals surface area contributed by atoms with Gasteiger partial charge in [0.05, 0.1) is 6.42 Å². The van der Waals surface area contributed by atoms with Crippen molar-refractivity contribution in [2.75, 3.05) is 26.2 Å². The van der Waals surface area contributed by atoms with Crippen molar-refractivity contribution < 1.29 is 9.59 Å². The van der Waals surface area contributed by atoms with Crippen LogP contribution in [0.25, 0.3) is 0 Å². The molecule has 0 spiro atoms. The first-order valence-electron chi connectivity index (χ1n) is 8.82. The van der Waals surface area contributed by atoms with E-state index >= 15 is 0 Å². The van der Waals surface area contributed by atoms with E-state index in [4.69, 9.17) is 0 Å². The second kappa shape index (κ2) is 7.97. The molecule has 0 bridgehead atoms. The van der Waals surface area contributed by atoms with Crippen LogP contribution >= 0.6 is 0 Å². The van der Waals surface area contributed by atoms with E-state index in [1.54, 1.807) is 0 Å². The largest absolute Gasteiger partial charge is 0.341 e. The van der Waals surface area contributed by atoms with Crippen molar-refractivity contribution in [3.63, 3.8) is 0 Å². The zero-order valence-electron chi connectivity index (χ0n) is 14.6. The van der Waals surface area contributed by atoms with E-state index in [9.17, 15) is 9.59 Å². The van der Waals surface area contributed by atoms with E-state index in [0.717, 1.165) is 23.1 Å². The summed E-state index contributed by atoms with van der Waals surface area (Å²) in [4.78, 5) is 29.1. The lowest BCUT2D eigenvalue weighted by atomic mass is 10.1. The van der Waals surface area contributed by atoms with E-state index in [1.807, 2.05) is 71.3 Å². The van der Waals surface area contributed by atoms with Crippen LogP contribution in [-0.4, -0.2) is 47.8 Å². The molecule has 0 N–H and O–H groups in total. The van der Waals surface area contributed by atoms with Crippen molar-refractivity contribution >= 4 is 11.8 Å². The van der Waals surface area contributed by atoms with Gasteiger partial charge in [-0.15, -0.1) is 0 Å². The molecule has 2 aromatic rings. The average Bonchev–Trinajstić information content (AvgIpc) is 2.89. The number of carbonyl (C=O) groups is 2. The van der Waals surface area contributed by atoms with Gasteiger partial charge in [-0.1, -0.05) is 48.5 Å². The third-order valence-corrected chi connectivity index (χ3v) is 4.71. The molecule has 2 aromatic carbocycles. The predicted octanol–water partition coefficient (Wildman–Crippen LogP) is 2.91. The summed E-state index contributed by atoms with van der Waals surface area (Å²) >= 11 is 0. The van der Waals surface area contributed by atoms with Crippen LogP contribution in [0.5, 0.6) is 0 Å². The second-order valence-electron chi connectivity index (χ2n) is 6.50. The lowest BCUT2D eigenvalue weighted by molar-refractivity contribution is -0.130. The molecule has 0 saturated carbocycles. The van der Waals surface area contributed by atoms with Gasteiger partial charge in [-0.25, -0.2) is 0 Å². The van der Waals surface area contributed by atoms with E-state index in [-0.39, 0.29) is 11.8 Å². The molecule has 4 heteroatoms. The van der Waals surface area contributed by atoms with Gasteiger partial charge >= 0.3 is 0 Å². The molecule has 0 aliphatic carbocycles. The minimum absolute atomic E-state index is 0.0652. The minimum atomic E-state index is 0.0652. The number of benzene rings is 2. The van der Waals surface area contributed by atoms with Gasteiger partial charge in [0.15, 0.2) is 0 Å². The molecular weight excluding hydrogens is 312 g/mol. The summed E-state index contributed by atoms with van der Waals surface area (Å²) in [5.41, 5.74) is 2.78. The maximum Gasteiger partial charge on any atom is 0.254 e. The Morgan fingerprint density at radius 3 is 2.24 bits per heavy atom. The molecule has 1 heterocycles. The van der Waals surface area contributed by atoms with Crippen molar-refractivity contribution in [2.45, 2.75) is 19.8 Å². The van der Waals surface area contributed by atoms with Gasteiger partial charge in [0.25, 0.3) is 5.91 Å². The SMILES string of the molecule is Cc1ccccc1C(=O)N1CCCN(C(=O)Cc2ccccc2)CC1. The van der Waals surface area contributed by atoms with Gasteiger partial charge in [-0.05, 0) is 30.5 Å². The first-order valence-corrected chi connectivity index (χ1v) is 8.82. The minimum Gasteiger partial charge on any atom is -0.341 e. The topological polar surface area (TPSA) is 40.6 Å². The van der Waals surface area contributed by atoms with Gasteiger partial charge in [0.1, 0.15) is 0 Å². The predicted molar refractivity (Wildman–Crippen MR) is 98.4 cm³/mol.